The van der Waals surface area contributed by atoms with E-state index in [0.717, 1.165) is 48.2 Å². The van der Waals surface area contributed by atoms with Gasteiger partial charge < -0.3 is 15.5 Å². The second-order valence-electron chi connectivity index (χ2n) is 10.6. The van der Waals surface area contributed by atoms with Gasteiger partial charge in [0, 0.05) is 28.4 Å². The van der Waals surface area contributed by atoms with E-state index in [0.29, 0.717) is 22.6 Å². The average Bonchev–Trinajstić information content (AvgIpc) is 3.35. The summed E-state index contributed by atoms with van der Waals surface area (Å²) in [5.74, 6) is -0.954. The topological polar surface area (TPSA) is 72.8 Å². The van der Waals surface area contributed by atoms with Gasteiger partial charge in [-0.3, -0.25) is 4.79 Å². The van der Waals surface area contributed by atoms with Crippen LogP contribution in [0.5, 0.6) is 0 Å². The fourth-order valence-corrected chi connectivity index (χ4v) is 6.29. The highest BCUT2D eigenvalue weighted by atomic mass is 32.2. The number of hydrogen-bond acceptors (Lipinski definition) is 6. The van der Waals surface area contributed by atoms with Crippen LogP contribution in [0.15, 0.2) is 64.9 Å². The van der Waals surface area contributed by atoms with Crippen LogP contribution in [-0.4, -0.2) is 52.3 Å². The Labute approximate surface area is 242 Å². The zero-order valence-electron chi connectivity index (χ0n) is 23.0. The lowest BCUT2D eigenvalue weighted by Crippen LogP contribution is -2.45. The van der Waals surface area contributed by atoms with Gasteiger partial charge >= 0.3 is 12.1 Å². The van der Waals surface area contributed by atoms with Gasteiger partial charge in [-0.1, -0.05) is 30.3 Å². The predicted octanol–water partition coefficient (Wildman–Crippen LogP) is 7.14. The van der Waals surface area contributed by atoms with Crippen LogP contribution in [0.3, 0.4) is 0 Å². The first-order valence-electron chi connectivity index (χ1n) is 13.2. The predicted molar refractivity (Wildman–Crippen MR) is 157 cm³/mol. The number of aliphatic hydroxyl groups is 1. The summed E-state index contributed by atoms with van der Waals surface area (Å²) in [6.45, 7) is 4.82. The highest BCUT2D eigenvalue weighted by Crippen LogP contribution is 2.38. The van der Waals surface area contributed by atoms with E-state index in [1.54, 1.807) is 28.9 Å². The van der Waals surface area contributed by atoms with Crippen molar-refractivity contribution in [1.82, 2.24) is 9.62 Å². The molecule has 0 saturated heterocycles. The molecule has 1 aromatic heterocycles. The number of hydrogen-bond donors (Lipinski definition) is 3. The lowest BCUT2D eigenvalue weighted by atomic mass is 9.95. The molecule has 0 amide bonds. The van der Waals surface area contributed by atoms with Crippen LogP contribution in [0, 0.1) is 0 Å². The molecule has 0 aliphatic carbocycles. The van der Waals surface area contributed by atoms with Gasteiger partial charge in [0.25, 0.3) is 0 Å². The van der Waals surface area contributed by atoms with Crippen LogP contribution in [-0.2, 0) is 23.8 Å². The van der Waals surface area contributed by atoms with Crippen molar-refractivity contribution in [2.45, 2.75) is 68.7 Å². The maximum Gasteiger partial charge on any atom is 0.416 e. The molecule has 0 spiro atoms. The van der Waals surface area contributed by atoms with Crippen molar-refractivity contribution >= 4 is 29.3 Å². The van der Waals surface area contributed by atoms with Crippen molar-refractivity contribution in [2.75, 3.05) is 20.1 Å². The summed E-state index contributed by atoms with van der Waals surface area (Å²) in [4.78, 5) is 12.1. The third-order valence-electron chi connectivity index (χ3n) is 6.51. The standard InChI is InChI=1S/C30H37F3N2O3S2/c1-29(2,14-7-10-21-8-5-4-6-9-21)34-19-24(36)20-35(3)40-25-17-22(16-23(18-25)30(31,32)33)26-13-15-39-27(26)11-12-28(37)38/h4-6,8-9,13,15-18,24,34,36H,7,10-12,14,19-20H2,1-3H3,(H,37,38)/t24-/m1/s1. The second-order valence-corrected chi connectivity index (χ2v) is 12.8. The number of benzene rings is 2. The minimum atomic E-state index is -4.53. The molecule has 2 aromatic carbocycles. The maximum atomic E-state index is 13.7. The van der Waals surface area contributed by atoms with E-state index in [9.17, 15) is 23.1 Å². The summed E-state index contributed by atoms with van der Waals surface area (Å²) < 4.78 is 43.0. The Morgan fingerprint density at radius 3 is 2.50 bits per heavy atom. The van der Waals surface area contributed by atoms with Crippen LogP contribution < -0.4 is 5.32 Å². The zero-order valence-corrected chi connectivity index (χ0v) is 24.6. The third kappa shape index (κ3) is 10.6. The monoisotopic (exact) mass is 594 g/mol. The quantitative estimate of drug-likeness (QED) is 0.163. The van der Waals surface area contributed by atoms with Crippen molar-refractivity contribution in [3.8, 4) is 11.1 Å². The molecule has 0 saturated carbocycles. The number of carboxylic acid groups (broad SMARTS) is 1. The molecule has 0 fully saturated rings. The number of aliphatic carboxylic acids is 1. The number of aliphatic hydroxyl groups excluding tert-OH is 1. The Kier molecular flexibility index (Phi) is 11.7. The van der Waals surface area contributed by atoms with Crippen molar-refractivity contribution in [1.29, 1.82) is 0 Å². The lowest BCUT2D eigenvalue weighted by molar-refractivity contribution is -0.138. The molecule has 5 nitrogen and oxygen atoms in total. The van der Waals surface area contributed by atoms with E-state index < -0.39 is 23.8 Å². The molecule has 0 aliphatic rings. The number of carboxylic acids is 1. The fourth-order valence-electron chi connectivity index (χ4n) is 4.42. The number of β-amino-alcohol motifs (C(OH)–C–C–N with tert-alkyl or cyclic N) is 1. The summed E-state index contributed by atoms with van der Waals surface area (Å²) in [6, 6.07) is 15.9. The highest BCUT2D eigenvalue weighted by Gasteiger charge is 2.32. The molecular weight excluding hydrogens is 557 g/mol. The minimum Gasteiger partial charge on any atom is -0.481 e. The summed E-state index contributed by atoms with van der Waals surface area (Å²) in [7, 11) is 1.74. The molecule has 40 heavy (non-hydrogen) atoms. The van der Waals surface area contributed by atoms with E-state index in [2.05, 4.69) is 31.3 Å². The lowest BCUT2D eigenvalue weighted by Gasteiger charge is -2.29. The van der Waals surface area contributed by atoms with Gasteiger partial charge in [0.05, 0.1) is 18.1 Å². The first-order valence-corrected chi connectivity index (χ1v) is 14.8. The number of thiophene rings is 1. The number of aryl methyl sites for hydroxylation is 2. The largest absolute Gasteiger partial charge is 0.481 e. The van der Waals surface area contributed by atoms with Gasteiger partial charge in [-0.2, -0.15) is 13.2 Å². The van der Waals surface area contributed by atoms with Gasteiger partial charge in [-0.25, -0.2) is 4.31 Å². The molecule has 3 rings (SSSR count). The Balaban J connectivity index is 1.59. The SMILES string of the molecule is CN(C[C@H](O)CNC(C)(C)CCCc1ccccc1)Sc1cc(-c2ccsc2CCC(=O)O)cc(C(F)(F)F)c1. The maximum absolute atomic E-state index is 13.7. The second kappa shape index (κ2) is 14.5. The van der Waals surface area contributed by atoms with Gasteiger partial charge in [0.1, 0.15) is 0 Å². The number of carbonyl (C=O) groups is 1. The molecule has 10 heteroatoms. The van der Waals surface area contributed by atoms with Crippen molar-refractivity contribution in [2.24, 2.45) is 0 Å². The van der Waals surface area contributed by atoms with Gasteiger partial charge in [0.2, 0.25) is 0 Å². The highest BCUT2D eigenvalue weighted by molar-refractivity contribution is 7.97. The van der Waals surface area contributed by atoms with Crippen LogP contribution in [0.4, 0.5) is 13.2 Å². The average molecular weight is 595 g/mol. The number of rotatable bonds is 15. The normalized spacial score (nSPS) is 13.1. The Bertz CT molecular complexity index is 1230. The van der Waals surface area contributed by atoms with Gasteiger partial charge in [-0.15, -0.1) is 11.3 Å². The smallest absolute Gasteiger partial charge is 0.416 e. The van der Waals surface area contributed by atoms with Gasteiger partial charge in [0.15, 0.2) is 0 Å². The summed E-state index contributed by atoms with van der Waals surface area (Å²) in [6.07, 6.45) is -2.15. The van der Waals surface area contributed by atoms with E-state index in [-0.39, 0.29) is 24.9 Å². The molecule has 1 atom stereocenters. The third-order valence-corrected chi connectivity index (χ3v) is 8.40. The van der Waals surface area contributed by atoms with E-state index in [1.165, 1.54) is 16.9 Å². The Morgan fingerprint density at radius 2 is 1.82 bits per heavy atom. The molecular formula is C30H37F3N2O3S2. The molecule has 1 heterocycles. The van der Waals surface area contributed by atoms with Crippen LogP contribution in [0.25, 0.3) is 11.1 Å². The molecule has 0 radical (unpaired) electrons. The minimum absolute atomic E-state index is 0.0907. The van der Waals surface area contributed by atoms with E-state index >= 15 is 0 Å². The first kappa shape index (κ1) is 32.1. The van der Waals surface area contributed by atoms with Crippen molar-refractivity contribution < 1.29 is 28.2 Å². The Morgan fingerprint density at radius 1 is 1.10 bits per heavy atom. The van der Waals surface area contributed by atoms with E-state index in [4.69, 9.17) is 5.11 Å². The first-order chi connectivity index (χ1) is 18.8. The molecule has 0 bridgehead atoms. The number of nitrogens with one attached hydrogen (secondary N) is 1. The molecule has 3 aromatic rings. The van der Waals surface area contributed by atoms with Crippen LogP contribution >= 0.6 is 23.3 Å². The summed E-state index contributed by atoms with van der Waals surface area (Å²) >= 11 is 2.47. The van der Waals surface area contributed by atoms with Crippen LogP contribution in [0.1, 0.15) is 49.1 Å². The van der Waals surface area contributed by atoms with Gasteiger partial charge in [-0.05, 0) is 105 Å². The number of likely N-dealkylation sites (N-methyl/N-ethyl adjacent to an activating group) is 1. The fraction of sp³-hybridized carbons (Fsp3) is 0.433. The van der Waals surface area contributed by atoms with Crippen molar-refractivity contribution in [3.63, 3.8) is 0 Å². The van der Waals surface area contributed by atoms with Crippen LogP contribution in [0.2, 0.25) is 0 Å². The number of halogens is 3. The number of alkyl halides is 3. The van der Waals surface area contributed by atoms with E-state index in [1.807, 2.05) is 18.2 Å². The summed E-state index contributed by atoms with van der Waals surface area (Å²) in [5.41, 5.74) is 1.37. The summed E-state index contributed by atoms with van der Waals surface area (Å²) in [5, 5.41) is 24.9. The zero-order chi connectivity index (χ0) is 29.3. The molecule has 3 N–H and O–H groups in total. The van der Waals surface area contributed by atoms with Crippen molar-refractivity contribution in [3.05, 3.63) is 76.0 Å². The molecule has 0 aliphatic heterocycles. The molecule has 0 unspecified atom stereocenters. The molecule has 218 valence electrons. The number of nitrogens with zero attached hydrogens (tertiary/aromatic N) is 1. The Hall–Kier alpha value is -2.37.